The number of hydrogen-bond acceptors (Lipinski definition) is 3. The van der Waals surface area contributed by atoms with Crippen LogP contribution in [0.3, 0.4) is 0 Å². The van der Waals surface area contributed by atoms with Gasteiger partial charge in [-0.15, -0.1) is 0 Å². The van der Waals surface area contributed by atoms with Crippen LogP contribution < -0.4 is 4.72 Å². The number of pyridine rings is 1. The summed E-state index contributed by atoms with van der Waals surface area (Å²) < 4.78 is 41.0. The van der Waals surface area contributed by atoms with Gasteiger partial charge in [0.05, 0.1) is 5.02 Å². The highest BCUT2D eigenvalue weighted by atomic mass is 35.5. The van der Waals surface area contributed by atoms with Crippen molar-refractivity contribution in [3.8, 4) is 0 Å². The largest absolute Gasteiger partial charge is 0.265 e. The SMILES string of the molecule is Cc1cc(S(=O)(=O)NCC2(c3ccncc3)CC2)c(Cl)cc1F. The van der Waals surface area contributed by atoms with Crippen molar-refractivity contribution in [1.29, 1.82) is 0 Å². The van der Waals surface area contributed by atoms with Gasteiger partial charge < -0.3 is 0 Å². The van der Waals surface area contributed by atoms with Gasteiger partial charge >= 0.3 is 0 Å². The fourth-order valence-corrected chi connectivity index (χ4v) is 4.30. The Bertz CT molecular complexity index is 837. The van der Waals surface area contributed by atoms with Crippen LogP contribution in [0.1, 0.15) is 24.0 Å². The van der Waals surface area contributed by atoms with Gasteiger partial charge in [0.1, 0.15) is 10.7 Å². The van der Waals surface area contributed by atoms with E-state index in [9.17, 15) is 12.8 Å². The Kier molecular flexibility index (Phi) is 4.16. The average molecular weight is 355 g/mol. The molecule has 122 valence electrons. The lowest BCUT2D eigenvalue weighted by Crippen LogP contribution is -2.32. The van der Waals surface area contributed by atoms with Crippen LogP contribution in [0.15, 0.2) is 41.6 Å². The zero-order valence-electron chi connectivity index (χ0n) is 12.5. The Morgan fingerprint density at radius 2 is 1.96 bits per heavy atom. The molecule has 0 aliphatic heterocycles. The highest BCUT2D eigenvalue weighted by Crippen LogP contribution is 2.47. The Balaban J connectivity index is 1.82. The second kappa shape index (κ2) is 5.85. The first-order chi connectivity index (χ1) is 10.8. The Hall–Kier alpha value is -1.50. The van der Waals surface area contributed by atoms with E-state index in [1.165, 1.54) is 13.0 Å². The quantitative estimate of drug-likeness (QED) is 0.897. The molecule has 3 rings (SSSR count). The molecule has 0 amide bonds. The molecule has 4 nitrogen and oxygen atoms in total. The number of halogens is 2. The van der Waals surface area contributed by atoms with Crippen molar-refractivity contribution in [2.24, 2.45) is 0 Å². The molecular formula is C16H16ClFN2O2S. The van der Waals surface area contributed by atoms with Crippen LogP contribution in [0.25, 0.3) is 0 Å². The predicted octanol–water partition coefficient (Wildman–Crippen LogP) is 3.19. The number of sulfonamides is 1. The highest BCUT2D eigenvalue weighted by molar-refractivity contribution is 7.89. The van der Waals surface area contributed by atoms with Crippen molar-refractivity contribution in [1.82, 2.24) is 9.71 Å². The van der Waals surface area contributed by atoms with Gasteiger partial charge in [0, 0.05) is 24.4 Å². The van der Waals surface area contributed by atoms with Crippen molar-refractivity contribution >= 4 is 21.6 Å². The second-order valence-electron chi connectivity index (χ2n) is 5.87. The number of aryl methyl sites for hydroxylation is 1. The molecule has 1 fully saturated rings. The number of hydrogen-bond donors (Lipinski definition) is 1. The van der Waals surface area contributed by atoms with E-state index < -0.39 is 15.8 Å². The molecule has 1 aliphatic rings. The Morgan fingerprint density at radius 3 is 2.57 bits per heavy atom. The van der Waals surface area contributed by atoms with E-state index >= 15 is 0 Å². The molecule has 1 heterocycles. The van der Waals surface area contributed by atoms with Crippen molar-refractivity contribution < 1.29 is 12.8 Å². The first kappa shape index (κ1) is 16.4. The van der Waals surface area contributed by atoms with Crippen LogP contribution in [-0.2, 0) is 15.4 Å². The zero-order chi connectivity index (χ0) is 16.7. The second-order valence-corrected chi connectivity index (χ2v) is 8.02. The Labute approximate surface area is 139 Å². The first-order valence-corrected chi connectivity index (χ1v) is 9.06. The van der Waals surface area contributed by atoms with Crippen molar-refractivity contribution in [3.05, 3.63) is 58.6 Å². The molecule has 1 aromatic heterocycles. The number of rotatable bonds is 5. The normalized spacial score (nSPS) is 16.3. The van der Waals surface area contributed by atoms with Crippen LogP contribution >= 0.6 is 11.6 Å². The van der Waals surface area contributed by atoms with Gasteiger partial charge in [0.2, 0.25) is 10.0 Å². The molecule has 1 aromatic carbocycles. The third-order valence-electron chi connectivity index (χ3n) is 4.25. The number of aromatic nitrogens is 1. The summed E-state index contributed by atoms with van der Waals surface area (Å²) in [7, 11) is -3.80. The van der Waals surface area contributed by atoms with Crippen LogP contribution in [-0.4, -0.2) is 19.9 Å². The monoisotopic (exact) mass is 354 g/mol. The summed E-state index contributed by atoms with van der Waals surface area (Å²) >= 11 is 5.90. The molecule has 23 heavy (non-hydrogen) atoms. The topological polar surface area (TPSA) is 59.1 Å². The molecule has 2 aromatic rings. The van der Waals surface area contributed by atoms with Crippen LogP contribution in [0.2, 0.25) is 5.02 Å². The minimum atomic E-state index is -3.80. The van der Waals surface area contributed by atoms with Gasteiger partial charge in [0.25, 0.3) is 0 Å². The van der Waals surface area contributed by atoms with Gasteiger partial charge in [-0.25, -0.2) is 17.5 Å². The minimum absolute atomic E-state index is 0.0939. The van der Waals surface area contributed by atoms with Gasteiger partial charge in [0.15, 0.2) is 0 Å². The van der Waals surface area contributed by atoms with Gasteiger partial charge in [-0.1, -0.05) is 11.6 Å². The van der Waals surface area contributed by atoms with E-state index in [0.717, 1.165) is 24.5 Å². The maximum absolute atomic E-state index is 13.4. The molecule has 1 N–H and O–H groups in total. The van der Waals surface area contributed by atoms with Crippen molar-refractivity contribution in [2.45, 2.75) is 30.1 Å². The summed E-state index contributed by atoms with van der Waals surface area (Å²) in [6.45, 7) is 1.79. The lowest BCUT2D eigenvalue weighted by Gasteiger charge is -2.17. The molecule has 0 radical (unpaired) electrons. The molecule has 0 saturated heterocycles. The van der Waals surface area contributed by atoms with E-state index in [1.54, 1.807) is 12.4 Å². The molecule has 0 atom stereocenters. The molecule has 1 saturated carbocycles. The van der Waals surface area contributed by atoms with Crippen LogP contribution in [0.5, 0.6) is 0 Å². The minimum Gasteiger partial charge on any atom is -0.265 e. The number of nitrogens with one attached hydrogen (secondary N) is 1. The van der Waals surface area contributed by atoms with Crippen molar-refractivity contribution in [3.63, 3.8) is 0 Å². The summed E-state index contributed by atoms with van der Waals surface area (Å²) in [5.41, 5.74) is 1.12. The standard InChI is InChI=1S/C16H16ClFN2O2S/c1-11-8-15(13(17)9-14(11)18)23(21,22)20-10-16(4-5-16)12-2-6-19-7-3-12/h2-3,6-9,20H,4-5,10H2,1H3. The molecule has 0 spiro atoms. The molecular weight excluding hydrogens is 339 g/mol. The maximum Gasteiger partial charge on any atom is 0.242 e. The van der Waals surface area contributed by atoms with Crippen LogP contribution in [0, 0.1) is 12.7 Å². The summed E-state index contributed by atoms with van der Waals surface area (Å²) in [6, 6.07) is 6.08. The summed E-state index contributed by atoms with van der Waals surface area (Å²) in [5, 5.41) is -0.116. The van der Waals surface area contributed by atoms with E-state index in [4.69, 9.17) is 11.6 Å². The molecule has 1 aliphatic carbocycles. The van der Waals surface area contributed by atoms with Gasteiger partial charge in [-0.2, -0.15) is 0 Å². The fourth-order valence-electron chi connectivity index (χ4n) is 2.57. The summed E-state index contributed by atoms with van der Waals surface area (Å²) in [4.78, 5) is 3.89. The third-order valence-corrected chi connectivity index (χ3v) is 6.12. The lowest BCUT2D eigenvalue weighted by atomic mass is 9.98. The first-order valence-electron chi connectivity index (χ1n) is 7.20. The highest BCUT2D eigenvalue weighted by Gasteiger charge is 2.44. The van der Waals surface area contributed by atoms with Gasteiger partial charge in [-0.3, -0.25) is 4.98 Å². The van der Waals surface area contributed by atoms with E-state index in [-0.39, 0.29) is 27.4 Å². The van der Waals surface area contributed by atoms with E-state index in [0.29, 0.717) is 0 Å². The zero-order valence-corrected chi connectivity index (χ0v) is 14.1. The van der Waals surface area contributed by atoms with Crippen LogP contribution in [0.4, 0.5) is 4.39 Å². The van der Waals surface area contributed by atoms with E-state index in [1.807, 2.05) is 12.1 Å². The molecule has 0 bridgehead atoms. The third kappa shape index (κ3) is 3.24. The number of nitrogens with zero attached hydrogens (tertiary/aromatic N) is 1. The fraction of sp³-hybridized carbons (Fsp3) is 0.312. The number of benzene rings is 1. The molecule has 0 unspecified atom stereocenters. The maximum atomic E-state index is 13.4. The Morgan fingerprint density at radius 1 is 1.30 bits per heavy atom. The lowest BCUT2D eigenvalue weighted by molar-refractivity contribution is 0.566. The summed E-state index contributed by atoms with van der Waals surface area (Å²) in [6.07, 6.45) is 5.22. The molecule has 7 heteroatoms. The average Bonchev–Trinajstić information content (AvgIpc) is 3.31. The van der Waals surface area contributed by atoms with Gasteiger partial charge in [-0.05, 0) is 55.2 Å². The predicted molar refractivity (Wildman–Crippen MR) is 86.5 cm³/mol. The van der Waals surface area contributed by atoms with Crippen molar-refractivity contribution in [2.75, 3.05) is 6.54 Å². The summed E-state index contributed by atoms with van der Waals surface area (Å²) in [5.74, 6) is -0.524. The van der Waals surface area contributed by atoms with E-state index in [2.05, 4.69) is 9.71 Å². The smallest absolute Gasteiger partial charge is 0.242 e.